The van der Waals surface area contributed by atoms with Crippen molar-refractivity contribution in [2.45, 2.75) is 171 Å². The molecule has 1 unspecified atom stereocenters. The van der Waals surface area contributed by atoms with Crippen LogP contribution >= 0.6 is 0 Å². The molecule has 20 nitrogen and oxygen atoms in total. The van der Waals surface area contributed by atoms with Gasteiger partial charge in [0.2, 0.25) is 41.4 Å². The second-order valence-electron chi connectivity index (χ2n) is 22.9. The lowest BCUT2D eigenvalue weighted by Crippen LogP contribution is -2.58. The van der Waals surface area contributed by atoms with Crippen molar-refractivity contribution < 1.29 is 48.1 Å². The zero-order valence-corrected chi connectivity index (χ0v) is 46.1. The number of hydrogen-bond acceptors (Lipinski definition) is 13. The highest BCUT2D eigenvalue weighted by molar-refractivity contribution is 5.94. The van der Waals surface area contributed by atoms with Crippen LogP contribution < -0.4 is 31.9 Å². The lowest BCUT2D eigenvalue weighted by atomic mass is 9.87. The van der Waals surface area contributed by atoms with Gasteiger partial charge in [-0.05, 0) is 126 Å². The van der Waals surface area contributed by atoms with E-state index in [0.29, 0.717) is 26.2 Å². The van der Waals surface area contributed by atoms with Crippen LogP contribution in [0.25, 0.3) is 0 Å². The Morgan fingerprint density at radius 3 is 1.51 bits per heavy atom. The smallest absolute Gasteiger partial charge is 0.246 e. The van der Waals surface area contributed by atoms with Crippen molar-refractivity contribution in [2.75, 3.05) is 66.6 Å². The zero-order valence-electron chi connectivity index (χ0n) is 46.1. The third-order valence-electron chi connectivity index (χ3n) is 17.5. The average molecular weight is 1080 g/mol. The Morgan fingerprint density at radius 2 is 1.06 bits per heavy atom. The Hall–Kier alpha value is -5.51. The molecule has 7 aliphatic rings. The Morgan fingerprint density at radius 1 is 0.615 bits per heavy atom. The first-order chi connectivity index (χ1) is 37.7. The summed E-state index contributed by atoms with van der Waals surface area (Å²) in [5.74, 6) is -1.50. The number of carbonyl (C=O) groups is 7. The lowest BCUT2D eigenvalue weighted by Gasteiger charge is -2.35. The predicted octanol–water partition coefficient (Wildman–Crippen LogP) is 1.59. The first-order valence-corrected chi connectivity index (χ1v) is 29.0. The highest BCUT2D eigenvalue weighted by Crippen LogP contribution is 2.38. The maximum absolute atomic E-state index is 14.4. The Labute approximate surface area is 459 Å². The van der Waals surface area contributed by atoms with E-state index < -0.39 is 48.6 Å². The third-order valence-corrected chi connectivity index (χ3v) is 17.5. The molecule has 4 aliphatic carbocycles. The molecule has 7 N–H and O–H groups in total. The van der Waals surface area contributed by atoms with Crippen molar-refractivity contribution in [2.24, 2.45) is 11.8 Å². The monoisotopic (exact) mass is 1080 g/mol. The number of amides is 7. The normalized spacial score (nSPS) is 26.0. The molecule has 0 spiro atoms. The summed E-state index contributed by atoms with van der Waals surface area (Å²) in [6.45, 7) is 5.49. The van der Waals surface area contributed by atoms with E-state index in [0.717, 1.165) is 75.3 Å². The fraction of sp³-hybridized carbons (Fsp3) is 0.672. The molecular formula is C58H84N10O10. The molecule has 5 fully saturated rings. The molecule has 9 rings (SSSR count). The molecule has 7 amide bonds. The molecule has 0 bridgehead atoms. The number of nitrogens with zero attached hydrogens (tertiary/aromatic N) is 4. The molecule has 0 aromatic heterocycles. The molecule has 426 valence electrons. The largest absolute Gasteiger partial charge is 0.377 e. The van der Waals surface area contributed by atoms with Gasteiger partial charge in [0.1, 0.15) is 24.4 Å². The number of nitrogens with one attached hydrogen (secondary N) is 6. The summed E-state index contributed by atoms with van der Waals surface area (Å²) < 4.78 is 12.6. The molecule has 2 saturated carbocycles. The number of rotatable bonds is 23. The van der Waals surface area contributed by atoms with Crippen LogP contribution in [-0.4, -0.2) is 187 Å². The van der Waals surface area contributed by atoms with Gasteiger partial charge in [-0.25, -0.2) is 0 Å². The van der Waals surface area contributed by atoms with E-state index in [9.17, 15) is 38.7 Å². The SMILES string of the molecule is CN[C@@H](C)C(=O)N[C@H](C(=O)N1C[C@@H](OCCC(=O)N2CCN(C(=O)CCO[C@H]3C[C@@H](C(=O)N[C@@H]4CCCc5ccccc54)N(C(=O)[C@@H](NC(O)[C@H](C)NC)C4CC4)C3)CC2)C[C@H]1C(=O)N[C@@H]1CCCc2ccccc21)C1CC1. The Kier molecular flexibility index (Phi) is 19.2. The van der Waals surface area contributed by atoms with Crippen LogP contribution in [-0.2, 0) is 55.9 Å². The predicted molar refractivity (Wildman–Crippen MR) is 290 cm³/mol. The standard InChI is InChI=1S/C58H84N10O10/c1-35(59-3)53(71)63-51(39-19-20-39)57(75)67-33-41(31-47(67)55(73)61-45-17-9-13-37-11-5-7-15-43(37)45)77-29-23-49(69)65-25-27-66(28-26-65)50(70)24-30-78-42-32-48(56(74)62-46-18-10-14-38-12-6-8-16-44(38)46)68(34-42)58(76)52(40-21-22-40)64-54(72)36(2)60-4/h5-8,11-12,15-16,35-36,39-42,45-48,51-53,59-60,63,71H,9-10,13-14,17-34H2,1-4H3,(H,61,73)(H,62,74)(H,64,72)/t35-,36-,41-,42-,45+,46+,47-,48-,51-,52-,53?/m0/s1. The second-order valence-corrected chi connectivity index (χ2v) is 22.9. The van der Waals surface area contributed by atoms with Crippen molar-refractivity contribution in [3.05, 3.63) is 70.8 Å². The summed E-state index contributed by atoms with van der Waals surface area (Å²) in [7, 11) is 3.43. The highest BCUT2D eigenvalue weighted by atomic mass is 16.5. The van der Waals surface area contributed by atoms with E-state index in [-0.39, 0.29) is 123 Å². The summed E-state index contributed by atoms with van der Waals surface area (Å²) in [5, 5.41) is 29.5. The average Bonchev–Trinajstić information content (AvgIpc) is 4.42. The quantitative estimate of drug-likeness (QED) is 0.0784. The van der Waals surface area contributed by atoms with E-state index in [1.165, 1.54) is 11.1 Å². The number of piperazine rings is 1. The number of fused-ring (bicyclic) bond motifs is 2. The minimum absolute atomic E-state index is 0.00880. The maximum Gasteiger partial charge on any atom is 0.246 e. The van der Waals surface area contributed by atoms with Gasteiger partial charge in [0, 0.05) is 58.2 Å². The van der Waals surface area contributed by atoms with Gasteiger partial charge in [-0.15, -0.1) is 0 Å². The van der Waals surface area contributed by atoms with Crippen LogP contribution in [0.4, 0.5) is 0 Å². The fourth-order valence-corrected chi connectivity index (χ4v) is 12.2. The minimum Gasteiger partial charge on any atom is -0.377 e. The number of ether oxygens (including phenoxy) is 2. The second kappa shape index (κ2) is 26.2. The van der Waals surface area contributed by atoms with Crippen LogP contribution in [0.2, 0.25) is 0 Å². The summed E-state index contributed by atoms with van der Waals surface area (Å²) in [5.41, 5.74) is 4.61. The van der Waals surface area contributed by atoms with Crippen LogP contribution in [0.5, 0.6) is 0 Å². The molecule has 20 heteroatoms. The van der Waals surface area contributed by atoms with Gasteiger partial charge >= 0.3 is 0 Å². The number of aliphatic hydroxyl groups excluding tert-OH is 1. The lowest BCUT2D eigenvalue weighted by molar-refractivity contribution is -0.142. The van der Waals surface area contributed by atoms with Crippen molar-refractivity contribution in [1.29, 1.82) is 0 Å². The summed E-state index contributed by atoms with van der Waals surface area (Å²) in [6, 6.07) is 12.1. The number of aryl methyl sites for hydroxylation is 2. The molecule has 3 saturated heterocycles. The summed E-state index contributed by atoms with van der Waals surface area (Å²) >= 11 is 0. The van der Waals surface area contributed by atoms with Crippen LogP contribution in [0.1, 0.15) is 125 Å². The molecule has 0 radical (unpaired) electrons. The van der Waals surface area contributed by atoms with Crippen LogP contribution in [0, 0.1) is 11.8 Å². The van der Waals surface area contributed by atoms with Crippen molar-refractivity contribution in [1.82, 2.24) is 51.5 Å². The van der Waals surface area contributed by atoms with Gasteiger partial charge < -0.3 is 60.8 Å². The number of hydrogen-bond donors (Lipinski definition) is 7. The minimum atomic E-state index is -0.971. The fourth-order valence-electron chi connectivity index (χ4n) is 12.2. The molecule has 2 aromatic carbocycles. The van der Waals surface area contributed by atoms with Gasteiger partial charge in [-0.2, -0.15) is 0 Å². The number of carbonyl (C=O) groups excluding carboxylic acids is 7. The molecule has 3 heterocycles. The topological polar surface area (TPSA) is 243 Å². The molecule has 11 atom stereocenters. The molecule has 2 aromatic rings. The summed E-state index contributed by atoms with van der Waals surface area (Å²) in [6.07, 6.45) is 7.43. The van der Waals surface area contributed by atoms with Gasteiger partial charge in [0.25, 0.3) is 0 Å². The van der Waals surface area contributed by atoms with Crippen LogP contribution in [0.15, 0.2) is 48.5 Å². The van der Waals surface area contributed by atoms with Gasteiger partial charge in [0.05, 0.1) is 62.4 Å². The van der Waals surface area contributed by atoms with Crippen LogP contribution in [0.3, 0.4) is 0 Å². The first-order valence-electron chi connectivity index (χ1n) is 29.0. The molecule has 78 heavy (non-hydrogen) atoms. The van der Waals surface area contributed by atoms with Gasteiger partial charge in [-0.1, -0.05) is 48.5 Å². The highest BCUT2D eigenvalue weighted by Gasteiger charge is 2.49. The molecular weight excluding hydrogens is 997 g/mol. The van der Waals surface area contributed by atoms with E-state index >= 15 is 0 Å². The Bertz CT molecular complexity index is 2470. The van der Waals surface area contributed by atoms with Crippen molar-refractivity contribution >= 4 is 41.4 Å². The number of aliphatic hydroxyl groups is 1. The number of benzene rings is 2. The molecule has 3 aliphatic heterocycles. The zero-order chi connectivity index (χ0) is 55.0. The Balaban J connectivity index is 0.750. The van der Waals surface area contributed by atoms with E-state index in [2.05, 4.69) is 50.1 Å². The van der Waals surface area contributed by atoms with Gasteiger partial charge in [-0.3, -0.25) is 38.9 Å². The van der Waals surface area contributed by atoms with E-state index in [1.807, 2.05) is 37.3 Å². The summed E-state index contributed by atoms with van der Waals surface area (Å²) in [4.78, 5) is 104. The number of likely N-dealkylation sites (tertiary alicyclic amines) is 2. The van der Waals surface area contributed by atoms with Crippen molar-refractivity contribution in [3.63, 3.8) is 0 Å². The third kappa shape index (κ3) is 13.9. The first kappa shape index (κ1) is 57.2. The van der Waals surface area contributed by atoms with Crippen molar-refractivity contribution in [3.8, 4) is 0 Å². The number of likely N-dealkylation sites (N-methyl/N-ethyl adjacent to an activating group) is 2. The van der Waals surface area contributed by atoms with E-state index in [4.69, 9.17) is 9.47 Å². The van der Waals surface area contributed by atoms with E-state index in [1.54, 1.807) is 40.6 Å². The van der Waals surface area contributed by atoms with Gasteiger partial charge in [0.15, 0.2) is 0 Å². The maximum atomic E-state index is 14.4.